The molecule has 0 bridgehead atoms. The Bertz CT molecular complexity index is 607. The van der Waals surface area contributed by atoms with Crippen molar-refractivity contribution in [1.82, 2.24) is 10.3 Å². The van der Waals surface area contributed by atoms with Crippen molar-refractivity contribution in [2.75, 3.05) is 12.3 Å². The highest BCUT2D eigenvalue weighted by molar-refractivity contribution is 7.99. The molecule has 0 amide bonds. The van der Waals surface area contributed by atoms with Crippen molar-refractivity contribution in [3.63, 3.8) is 0 Å². The normalized spacial score (nSPS) is 19.1. The first-order valence-corrected chi connectivity index (χ1v) is 7.12. The summed E-state index contributed by atoms with van der Waals surface area (Å²) in [5, 5.41) is 14.7. The van der Waals surface area contributed by atoms with E-state index in [9.17, 15) is 10.1 Å². The Labute approximate surface area is 113 Å². The van der Waals surface area contributed by atoms with Crippen LogP contribution >= 0.6 is 11.8 Å². The highest BCUT2D eigenvalue weighted by atomic mass is 32.2. The number of nitro groups is 1. The summed E-state index contributed by atoms with van der Waals surface area (Å²) in [6.07, 6.45) is 2.39. The summed E-state index contributed by atoms with van der Waals surface area (Å²) < 4.78 is 5.56. The lowest BCUT2D eigenvalue weighted by Crippen LogP contribution is -2.23. The molecule has 1 aliphatic heterocycles. The van der Waals surface area contributed by atoms with Gasteiger partial charge in [-0.3, -0.25) is 10.1 Å². The zero-order valence-corrected chi connectivity index (χ0v) is 11.0. The van der Waals surface area contributed by atoms with Crippen LogP contribution in [0.1, 0.15) is 12.8 Å². The van der Waals surface area contributed by atoms with E-state index in [-0.39, 0.29) is 5.69 Å². The summed E-state index contributed by atoms with van der Waals surface area (Å²) in [5.74, 6) is 0.912. The molecule has 7 heteroatoms. The van der Waals surface area contributed by atoms with Crippen LogP contribution in [0.25, 0.3) is 11.1 Å². The zero-order chi connectivity index (χ0) is 13.2. The van der Waals surface area contributed by atoms with Gasteiger partial charge in [0, 0.05) is 23.9 Å². The van der Waals surface area contributed by atoms with Gasteiger partial charge in [0.1, 0.15) is 5.52 Å². The molecule has 0 saturated carbocycles. The van der Waals surface area contributed by atoms with Crippen molar-refractivity contribution in [1.29, 1.82) is 0 Å². The van der Waals surface area contributed by atoms with Crippen LogP contribution in [0.3, 0.4) is 0 Å². The van der Waals surface area contributed by atoms with Gasteiger partial charge in [-0.2, -0.15) is 0 Å². The van der Waals surface area contributed by atoms with Gasteiger partial charge in [0.05, 0.1) is 4.92 Å². The second-order valence-electron chi connectivity index (χ2n) is 4.49. The molecule has 1 aliphatic rings. The molecule has 1 aromatic carbocycles. The van der Waals surface area contributed by atoms with E-state index in [0.29, 0.717) is 22.4 Å². The van der Waals surface area contributed by atoms with E-state index >= 15 is 0 Å². The molecular formula is C12H13N3O3S. The standard InChI is InChI=1S/C12H13N3O3S/c16-15(17)9-3-4-11-10(6-9)14-12(18-11)19-7-8-2-1-5-13-8/h3-4,6,8,13H,1-2,5,7H2/t8-/m0/s1. The highest BCUT2D eigenvalue weighted by Crippen LogP contribution is 2.27. The molecule has 2 aromatic rings. The van der Waals surface area contributed by atoms with Gasteiger partial charge in [-0.15, -0.1) is 0 Å². The van der Waals surface area contributed by atoms with E-state index in [4.69, 9.17) is 4.42 Å². The number of thioether (sulfide) groups is 1. The molecule has 0 unspecified atom stereocenters. The third-order valence-electron chi connectivity index (χ3n) is 3.13. The maximum atomic E-state index is 10.7. The van der Waals surface area contributed by atoms with Gasteiger partial charge in [-0.05, 0) is 25.5 Å². The number of fused-ring (bicyclic) bond motifs is 1. The Hall–Kier alpha value is -1.60. The molecule has 0 radical (unpaired) electrons. The Morgan fingerprint density at radius 2 is 2.47 bits per heavy atom. The molecule has 19 heavy (non-hydrogen) atoms. The van der Waals surface area contributed by atoms with Crippen molar-refractivity contribution < 1.29 is 9.34 Å². The first-order valence-electron chi connectivity index (χ1n) is 6.13. The first-order chi connectivity index (χ1) is 9.22. The van der Waals surface area contributed by atoms with Gasteiger partial charge in [-0.25, -0.2) is 4.98 Å². The van der Waals surface area contributed by atoms with Crippen LogP contribution in [0.15, 0.2) is 27.8 Å². The van der Waals surface area contributed by atoms with Crippen LogP contribution in [-0.4, -0.2) is 28.2 Å². The SMILES string of the molecule is O=[N+]([O-])c1ccc2oc(SC[C@@H]3CCCN3)nc2c1. The molecule has 100 valence electrons. The average Bonchev–Trinajstić information content (AvgIpc) is 3.04. The van der Waals surface area contributed by atoms with Crippen LogP contribution in [0.2, 0.25) is 0 Å². The van der Waals surface area contributed by atoms with Crippen LogP contribution < -0.4 is 5.32 Å². The van der Waals surface area contributed by atoms with Gasteiger partial charge >= 0.3 is 0 Å². The van der Waals surface area contributed by atoms with Gasteiger partial charge in [-0.1, -0.05) is 11.8 Å². The quantitative estimate of drug-likeness (QED) is 0.526. The van der Waals surface area contributed by atoms with Crippen LogP contribution in [0.5, 0.6) is 0 Å². The number of benzene rings is 1. The monoisotopic (exact) mass is 279 g/mol. The maximum absolute atomic E-state index is 10.7. The Morgan fingerprint density at radius 3 is 3.21 bits per heavy atom. The van der Waals surface area contributed by atoms with E-state index in [0.717, 1.165) is 12.3 Å². The van der Waals surface area contributed by atoms with Crippen molar-refractivity contribution in [2.45, 2.75) is 24.1 Å². The lowest BCUT2D eigenvalue weighted by molar-refractivity contribution is -0.384. The van der Waals surface area contributed by atoms with Crippen molar-refractivity contribution >= 4 is 28.5 Å². The third kappa shape index (κ3) is 2.71. The fraction of sp³-hybridized carbons (Fsp3) is 0.417. The lowest BCUT2D eigenvalue weighted by atomic mass is 10.3. The minimum Gasteiger partial charge on any atom is -0.431 e. The maximum Gasteiger partial charge on any atom is 0.271 e. The summed E-state index contributed by atoms with van der Waals surface area (Å²) in [6, 6.07) is 4.98. The number of rotatable bonds is 4. The number of hydrogen-bond acceptors (Lipinski definition) is 6. The number of aromatic nitrogens is 1. The lowest BCUT2D eigenvalue weighted by Gasteiger charge is -2.06. The largest absolute Gasteiger partial charge is 0.431 e. The molecule has 3 rings (SSSR count). The fourth-order valence-corrected chi connectivity index (χ4v) is 3.08. The van der Waals surface area contributed by atoms with Gasteiger partial charge < -0.3 is 9.73 Å². The van der Waals surface area contributed by atoms with Gasteiger partial charge in [0.15, 0.2) is 5.58 Å². The fourth-order valence-electron chi connectivity index (χ4n) is 2.14. The molecule has 1 fully saturated rings. The highest BCUT2D eigenvalue weighted by Gasteiger charge is 2.16. The van der Waals surface area contributed by atoms with Crippen molar-refractivity contribution in [2.24, 2.45) is 0 Å². The second kappa shape index (κ2) is 5.18. The van der Waals surface area contributed by atoms with Crippen LogP contribution in [0.4, 0.5) is 5.69 Å². The number of nitrogens with one attached hydrogen (secondary N) is 1. The summed E-state index contributed by atoms with van der Waals surface area (Å²) in [6.45, 7) is 1.07. The summed E-state index contributed by atoms with van der Waals surface area (Å²) in [7, 11) is 0. The van der Waals surface area contributed by atoms with E-state index in [1.54, 1.807) is 17.8 Å². The predicted octanol–water partition coefficient (Wildman–Crippen LogP) is 2.58. The average molecular weight is 279 g/mol. The second-order valence-corrected chi connectivity index (χ2v) is 5.46. The third-order valence-corrected chi connectivity index (χ3v) is 4.12. The molecular weight excluding hydrogens is 266 g/mol. The van der Waals surface area contributed by atoms with Gasteiger partial charge in [0.2, 0.25) is 0 Å². The van der Waals surface area contributed by atoms with Crippen molar-refractivity contribution in [3.8, 4) is 0 Å². The Balaban J connectivity index is 1.75. The Morgan fingerprint density at radius 1 is 1.58 bits per heavy atom. The first kappa shape index (κ1) is 12.4. The molecule has 1 atom stereocenters. The summed E-state index contributed by atoms with van der Waals surface area (Å²) in [4.78, 5) is 14.5. The topological polar surface area (TPSA) is 81.2 Å². The van der Waals surface area contributed by atoms with E-state index < -0.39 is 4.92 Å². The van der Waals surface area contributed by atoms with Crippen LogP contribution in [-0.2, 0) is 0 Å². The number of nitro benzene ring substituents is 1. The molecule has 0 aliphatic carbocycles. The minimum absolute atomic E-state index is 0.0369. The van der Waals surface area contributed by atoms with E-state index in [1.807, 2.05) is 0 Å². The molecule has 6 nitrogen and oxygen atoms in total. The molecule has 0 spiro atoms. The Kier molecular flexibility index (Phi) is 3.39. The number of oxazole rings is 1. The molecule has 1 N–H and O–H groups in total. The summed E-state index contributed by atoms with van der Waals surface area (Å²) in [5.41, 5.74) is 1.17. The summed E-state index contributed by atoms with van der Waals surface area (Å²) >= 11 is 1.55. The smallest absolute Gasteiger partial charge is 0.271 e. The number of non-ortho nitro benzene ring substituents is 1. The number of hydrogen-bond donors (Lipinski definition) is 1. The van der Waals surface area contributed by atoms with Crippen LogP contribution in [0, 0.1) is 10.1 Å². The zero-order valence-electron chi connectivity index (χ0n) is 10.2. The number of nitrogens with zero attached hydrogens (tertiary/aromatic N) is 2. The van der Waals surface area contributed by atoms with Gasteiger partial charge in [0.25, 0.3) is 10.9 Å². The molecule has 1 aromatic heterocycles. The molecule has 1 saturated heterocycles. The predicted molar refractivity (Wildman–Crippen MR) is 72.4 cm³/mol. The molecule has 2 heterocycles. The van der Waals surface area contributed by atoms with Crippen molar-refractivity contribution in [3.05, 3.63) is 28.3 Å². The van der Waals surface area contributed by atoms with E-state index in [2.05, 4.69) is 10.3 Å². The minimum atomic E-state index is -0.427. The van der Waals surface area contributed by atoms with E-state index in [1.165, 1.54) is 25.0 Å².